The van der Waals surface area contributed by atoms with Crippen molar-refractivity contribution in [1.29, 1.82) is 0 Å². The zero-order valence-corrected chi connectivity index (χ0v) is 12.5. The number of benzene rings is 1. The van der Waals surface area contributed by atoms with Gasteiger partial charge in [-0.25, -0.2) is 13.6 Å². The second-order valence-corrected chi connectivity index (χ2v) is 6.77. The Hall–Kier alpha value is -1.31. The molecule has 6 nitrogen and oxygen atoms in total. The third-order valence-electron chi connectivity index (χ3n) is 3.58. The number of hydrogen-bond acceptors (Lipinski definition) is 5. The predicted octanol–water partition coefficient (Wildman–Crippen LogP) is 0.812. The minimum absolute atomic E-state index is 0.0446. The predicted molar refractivity (Wildman–Crippen MR) is 81.0 cm³/mol. The summed E-state index contributed by atoms with van der Waals surface area (Å²) in [4.78, 5) is 2.41. The Balaban J connectivity index is 2.15. The van der Waals surface area contributed by atoms with E-state index in [9.17, 15) is 8.42 Å². The summed E-state index contributed by atoms with van der Waals surface area (Å²) < 4.78 is 22.8. The van der Waals surface area contributed by atoms with Crippen LogP contribution in [0.15, 0.2) is 23.1 Å². The van der Waals surface area contributed by atoms with Crippen molar-refractivity contribution in [2.75, 3.05) is 30.7 Å². The van der Waals surface area contributed by atoms with Crippen molar-refractivity contribution in [1.82, 2.24) is 4.90 Å². The number of nitrogens with zero attached hydrogens (tertiary/aromatic N) is 1. The number of sulfonamides is 1. The van der Waals surface area contributed by atoms with Crippen molar-refractivity contribution in [2.45, 2.75) is 30.7 Å². The van der Waals surface area contributed by atoms with Gasteiger partial charge >= 0.3 is 0 Å². The number of nitrogen functional groups attached to an aromatic ring is 1. The molecule has 1 aromatic rings. The number of nitrogens with two attached hydrogens (primary N) is 2. The lowest BCUT2D eigenvalue weighted by atomic mass is 10.1. The Morgan fingerprint density at radius 2 is 2.15 bits per heavy atom. The number of hydrogen-bond donors (Lipinski definition) is 3. The van der Waals surface area contributed by atoms with E-state index in [1.807, 2.05) is 0 Å². The Morgan fingerprint density at radius 3 is 2.80 bits per heavy atom. The molecule has 1 unspecified atom stereocenters. The second kappa shape index (κ2) is 5.99. The van der Waals surface area contributed by atoms with Crippen LogP contribution in [0.3, 0.4) is 0 Å². The van der Waals surface area contributed by atoms with Crippen LogP contribution in [0.1, 0.15) is 19.8 Å². The highest BCUT2D eigenvalue weighted by molar-refractivity contribution is 7.89. The smallest absolute Gasteiger partial charge is 0.238 e. The molecule has 20 heavy (non-hydrogen) atoms. The van der Waals surface area contributed by atoms with Crippen molar-refractivity contribution < 1.29 is 8.42 Å². The Kier molecular flexibility index (Phi) is 4.52. The molecule has 5 N–H and O–H groups in total. The van der Waals surface area contributed by atoms with Gasteiger partial charge in [0.15, 0.2) is 0 Å². The number of primary sulfonamides is 1. The first-order chi connectivity index (χ1) is 9.38. The lowest BCUT2D eigenvalue weighted by molar-refractivity contribution is 0.227. The van der Waals surface area contributed by atoms with Crippen molar-refractivity contribution in [3.63, 3.8) is 0 Å². The van der Waals surface area contributed by atoms with Gasteiger partial charge < -0.3 is 16.0 Å². The molecular formula is C13H22N4O2S. The van der Waals surface area contributed by atoms with Gasteiger partial charge in [0.05, 0.1) is 4.90 Å². The molecule has 1 aromatic carbocycles. The number of likely N-dealkylation sites (tertiary alicyclic amines) is 1. The van der Waals surface area contributed by atoms with Gasteiger partial charge in [0.1, 0.15) is 0 Å². The maximum atomic E-state index is 11.4. The van der Waals surface area contributed by atoms with Crippen molar-refractivity contribution in [3.05, 3.63) is 18.2 Å². The summed E-state index contributed by atoms with van der Waals surface area (Å²) in [7, 11) is -3.73. The fourth-order valence-electron chi connectivity index (χ4n) is 2.57. The minimum atomic E-state index is -3.73. The molecule has 0 spiro atoms. The van der Waals surface area contributed by atoms with Crippen LogP contribution in [0.25, 0.3) is 0 Å². The van der Waals surface area contributed by atoms with E-state index in [1.54, 1.807) is 6.07 Å². The van der Waals surface area contributed by atoms with Gasteiger partial charge in [-0.1, -0.05) is 6.92 Å². The second-order valence-electron chi connectivity index (χ2n) is 5.21. The molecule has 1 heterocycles. The van der Waals surface area contributed by atoms with Gasteiger partial charge in [-0.3, -0.25) is 0 Å². The van der Waals surface area contributed by atoms with Crippen molar-refractivity contribution in [3.8, 4) is 0 Å². The molecule has 7 heteroatoms. The molecule has 0 bridgehead atoms. The fourth-order valence-corrected chi connectivity index (χ4v) is 3.16. The fraction of sp³-hybridized carbons (Fsp3) is 0.538. The van der Waals surface area contributed by atoms with E-state index in [-0.39, 0.29) is 4.90 Å². The van der Waals surface area contributed by atoms with E-state index in [4.69, 9.17) is 10.9 Å². The summed E-state index contributed by atoms with van der Waals surface area (Å²) in [6.45, 7) is 5.24. The quantitative estimate of drug-likeness (QED) is 0.714. The molecular weight excluding hydrogens is 276 g/mol. The highest BCUT2D eigenvalue weighted by Gasteiger charge is 2.19. The molecule has 0 radical (unpaired) electrons. The van der Waals surface area contributed by atoms with Crippen LogP contribution >= 0.6 is 0 Å². The molecule has 2 rings (SSSR count). The summed E-state index contributed by atoms with van der Waals surface area (Å²) in [5.74, 6) is 0. The first-order valence-corrected chi connectivity index (χ1v) is 8.35. The molecule has 1 saturated heterocycles. The van der Waals surface area contributed by atoms with Crippen LogP contribution in [0.2, 0.25) is 0 Å². The summed E-state index contributed by atoms with van der Waals surface area (Å²) in [5.41, 5.74) is 6.84. The van der Waals surface area contributed by atoms with E-state index in [0.717, 1.165) is 32.5 Å². The highest BCUT2D eigenvalue weighted by atomic mass is 32.2. The summed E-state index contributed by atoms with van der Waals surface area (Å²) >= 11 is 0. The van der Waals surface area contributed by atoms with Gasteiger partial charge in [-0.05, 0) is 44.1 Å². The lowest BCUT2D eigenvalue weighted by Crippen LogP contribution is -2.41. The van der Waals surface area contributed by atoms with Crippen molar-refractivity contribution in [2.24, 2.45) is 5.14 Å². The molecule has 0 aliphatic carbocycles. The number of anilines is 2. The van der Waals surface area contributed by atoms with Gasteiger partial charge in [0.2, 0.25) is 10.0 Å². The zero-order chi connectivity index (χ0) is 14.8. The summed E-state index contributed by atoms with van der Waals surface area (Å²) in [5, 5.41) is 8.51. The first kappa shape index (κ1) is 15.1. The molecule has 1 aliphatic heterocycles. The van der Waals surface area contributed by atoms with Gasteiger partial charge in [-0.15, -0.1) is 0 Å². The van der Waals surface area contributed by atoms with Crippen LogP contribution in [-0.4, -0.2) is 39.0 Å². The Bertz CT molecular complexity index is 574. The topological polar surface area (TPSA) is 101 Å². The van der Waals surface area contributed by atoms with E-state index in [1.165, 1.54) is 12.1 Å². The summed E-state index contributed by atoms with van der Waals surface area (Å²) in [6.07, 6.45) is 2.20. The molecule has 1 atom stereocenters. The monoisotopic (exact) mass is 298 g/mol. The molecule has 1 fully saturated rings. The van der Waals surface area contributed by atoms with Crippen LogP contribution in [0.4, 0.5) is 11.4 Å². The summed E-state index contributed by atoms with van der Waals surface area (Å²) in [6, 6.07) is 4.95. The average Bonchev–Trinajstić information content (AvgIpc) is 2.37. The molecule has 0 saturated carbocycles. The third-order valence-corrected chi connectivity index (χ3v) is 4.47. The molecule has 1 aliphatic rings. The van der Waals surface area contributed by atoms with Gasteiger partial charge in [0.25, 0.3) is 0 Å². The number of likely N-dealkylation sites (N-methyl/N-ethyl adjacent to an activating group) is 1. The molecule has 0 aromatic heterocycles. The lowest BCUT2D eigenvalue weighted by Gasteiger charge is -2.33. The van der Waals surface area contributed by atoms with E-state index < -0.39 is 10.0 Å². The Morgan fingerprint density at radius 1 is 1.40 bits per heavy atom. The van der Waals surface area contributed by atoms with Crippen LogP contribution < -0.4 is 16.2 Å². The Labute approximate surface area is 120 Å². The highest BCUT2D eigenvalue weighted by Crippen LogP contribution is 2.22. The SMILES string of the molecule is CCN1CCCC(Nc2cc(N)cc(S(N)(=O)=O)c2)C1. The normalized spacial score (nSPS) is 20.8. The van der Waals surface area contributed by atoms with Crippen LogP contribution in [0.5, 0.6) is 0 Å². The standard InChI is InChI=1S/C13H22N4O2S/c1-2-17-5-3-4-11(9-17)16-12-6-10(14)7-13(8-12)20(15,18)19/h6-8,11,16H,2-5,9,14H2,1H3,(H2,15,18,19). The van der Waals surface area contributed by atoms with Gasteiger partial charge in [0, 0.05) is 24.0 Å². The molecule has 0 amide bonds. The third kappa shape index (κ3) is 3.84. The first-order valence-electron chi connectivity index (χ1n) is 6.80. The van der Waals surface area contributed by atoms with Gasteiger partial charge in [-0.2, -0.15) is 0 Å². The zero-order valence-electron chi connectivity index (χ0n) is 11.7. The number of rotatable bonds is 4. The molecule has 112 valence electrons. The van der Waals surface area contributed by atoms with E-state index in [2.05, 4.69) is 17.1 Å². The number of piperidine rings is 1. The van der Waals surface area contributed by atoms with E-state index in [0.29, 0.717) is 17.4 Å². The largest absolute Gasteiger partial charge is 0.399 e. The van der Waals surface area contributed by atoms with Crippen LogP contribution in [0, 0.1) is 0 Å². The van der Waals surface area contributed by atoms with Crippen LogP contribution in [-0.2, 0) is 10.0 Å². The average molecular weight is 298 g/mol. The maximum absolute atomic E-state index is 11.4. The maximum Gasteiger partial charge on any atom is 0.238 e. The number of nitrogens with one attached hydrogen (secondary N) is 1. The van der Waals surface area contributed by atoms with E-state index >= 15 is 0 Å². The minimum Gasteiger partial charge on any atom is -0.399 e. The van der Waals surface area contributed by atoms with Crippen molar-refractivity contribution >= 4 is 21.4 Å².